The standard InChI is InChI=1S/C26H28ClN3O5/c1-30(12-4-5-14-31)13-15-35-26(34)23(29-25(33)18-8-10-20(27)11-9-18)16-19-17-24(32)28-22-7-3-2-6-21(19)22/h2-3,6-11,14,17,23H,4-5,12-13,15-16H2,1H3,(H,28,32)(H,29,33). The lowest BCUT2D eigenvalue weighted by Crippen LogP contribution is -2.44. The number of esters is 1. The molecule has 0 fully saturated rings. The van der Waals surface area contributed by atoms with Gasteiger partial charge in [-0.3, -0.25) is 9.59 Å². The van der Waals surface area contributed by atoms with Crippen LogP contribution in [0.4, 0.5) is 0 Å². The van der Waals surface area contributed by atoms with E-state index in [1.54, 1.807) is 30.3 Å². The molecule has 0 aliphatic rings. The molecule has 0 radical (unpaired) electrons. The molecular weight excluding hydrogens is 470 g/mol. The maximum atomic E-state index is 13.0. The smallest absolute Gasteiger partial charge is 0.329 e. The number of aromatic amines is 1. The summed E-state index contributed by atoms with van der Waals surface area (Å²) < 4.78 is 5.48. The van der Waals surface area contributed by atoms with Crippen LogP contribution in [0, 0.1) is 0 Å². The predicted octanol–water partition coefficient (Wildman–Crippen LogP) is 2.98. The number of nitrogens with one attached hydrogen (secondary N) is 2. The molecule has 0 saturated carbocycles. The van der Waals surface area contributed by atoms with Crippen LogP contribution in [-0.2, 0) is 20.7 Å². The maximum absolute atomic E-state index is 13.0. The van der Waals surface area contributed by atoms with E-state index in [1.807, 2.05) is 30.1 Å². The van der Waals surface area contributed by atoms with E-state index in [2.05, 4.69) is 10.3 Å². The first-order chi connectivity index (χ1) is 16.9. The van der Waals surface area contributed by atoms with Crippen LogP contribution >= 0.6 is 11.6 Å². The molecule has 0 aliphatic carbocycles. The summed E-state index contributed by atoms with van der Waals surface area (Å²) in [7, 11) is 1.88. The number of para-hydroxylation sites is 1. The maximum Gasteiger partial charge on any atom is 0.329 e. The van der Waals surface area contributed by atoms with Gasteiger partial charge < -0.3 is 24.7 Å². The summed E-state index contributed by atoms with van der Waals surface area (Å²) in [5, 5.41) is 4.01. The molecule has 1 heterocycles. The second-order valence-corrected chi connectivity index (χ2v) is 8.66. The van der Waals surface area contributed by atoms with E-state index in [9.17, 15) is 19.2 Å². The van der Waals surface area contributed by atoms with E-state index in [0.717, 1.165) is 18.1 Å². The summed E-state index contributed by atoms with van der Waals surface area (Å²) in [6, 6.07) is 14.0. The number of rotatable bonds is 12. The first-order valence-electron chi connectivity index (χ1n) is 11.3. The molecular formula is C26H28ClN3O5. The number of hydrogen-bond donors (Lipinski definition) is 2. The van der Waals surface area contributed by atoms with Gasteiger partial charge in [-0.05, 0) is 55.9 Å². The minimum absolute atomic E-state index is 0.0811. The topological polar surface area (TPSA) is 109 Å². The fraction of sp³-hybridized carbons (Fsp3) is 0.308. The summed E-state index contributed by atoms with van der Waals surface area (Å²) in [6.07, 6.45) is 2.16. The first-order valence-corrected chi connectivity index (χ1v) is 11.7. The number of pyridine rings is 1. The third-order valence-corrected chi connectivity index (χ3v) is 5.79. The number of hydrogen-bond acceptors (Lipinski definition) is 6. The Morgan fingerprint density at radius 3 is 2.63 bits per heavy atom. The van der Waals surface area contributed by atoms with Gasteiger partial charge in [0.15, 0.2) is 0 Å². The number of likely N-dealkylation sites (N-methyl/N-ethyl adjacent to an activating group) is 1. The number of unbranched alkanes of at least 4 members (excludes halogenated alkanes) is 1. The fourth-order valence-electron chi connectivity index (χ4n) is 3.66. The fourth-order valence-corrected chi connectivity index (χ4v) is 3.79. The molecule has 35 heavy (non-hydrogen) atoms. The number of amides is 1. The molecule has 0 aliphatic heterocycles. The van der Waals surface area contributed by atoms with E-state index in [0.29, 0.717) is 41.2 Å². The highest BCUT2D eigenvalue weighted by atomic mass is 35.5. The Balaban J connectivity index is 1.76. The number of aldehydes is 1. The van der Waals surface area contributed by atoms with Crippen LogP contribution < -0.4 is 10.9 Å². The highest BCUT2D eigenvalue weighted by Gasteiger charge is 2.25. The SMILES string of the molecule is CN(CCCC=O)CCOC(=O)C(Cc1cc(=O)[nH]c2ccccc12)NC(=O)c1ccc(Cl)cc1. The minimum Gasteiger partial charge on any atom is -0.463 e. The number of ether oxygens (including phenoxy) is 1. The largest absolute Gasteiger partial charge is 0.463 e. The molecule has 184 valence electrons. The second-order valence-electron chi connectivity index (χ2n) is 8.22. The van der Waals surface area contributed by atoms with Crippen LogP contribution in [0.1, 0.15) is 28.8 Å². The quantitative estimate of drug-likeness (QED) is 0.226. The third-order valence-electron chi connectivity index (χ3n) is 5.54. The Labute approximate surface area is 208 Å². The van der Waals surface area contributed by atoms with Crippen molar-refractivity contribution in [3.05, 3.63) is 81.1 Å². The normalized spacial score (nSPS) is 11.9. The Morgan fingerprint density at radius 1 is 1.14 bits per heavy atom. The third kappa shape index (κ3) is 7.77. The molecule has 1 aromatic heterocycles. The predicted molar refractivity (Wildman–Crippen MR) is 135 cm³/mol. The van der Waals surface area contributed by atoms with Crippen LogP contribution in [0.3, 0.4) is 0 Å². The van der Waals surface area contributed by atoms with Crippen molar-refractivity contribution < 1.29 is 19.1 Å². The molecule has 1 atom stereocenters. The molecule has 9 heteroatoms. The van der Waals surface area contributed by atoms with Crippen molar-refractivity contribution >= 4 is 40.7 Å². The molecule has 3 rings (SSSR count). The Morgan fingerprint density at radius 2 is 1.89 bits per heavy atom. The van der Waals surface area contributed by atoms with Gasteiger partial charge in [0.2, 0.25) is 5.56 Å². The molecule has 0 saturated heterocycles. The average Bonchev–Trinajstić information content (AvgIpc) is 2.84. The number of aromatic nitrogens is 1. The van der Waals surface area contributed by atoms with Crippen LogP contribution in [0.5, 0.6) is 0 Å². The van der Waals surface area contributed by atoms with Gasteiger partial charge in [0.05, 0.1) is 0 Å². The molecule has 2 aromatic carbocycles. The van der Waals surface area contributed by atoms with E-state index >= 15 is 0 Å². The number of H-pyrrole nitrogens is 1. The number of halogens is 1. The highest BCUT2D eigenvalue weighted by molar-refractivity contribution is 6.30. The van der Waals surface area contributed by atoms with Gasteiger partial charge in [-0.1, -0.05) is 29.8 Å². The highest BCUT2D eigenvalue weighted by Crippen LogP contribution is 2.17. The van der Waals surface area contributed by atoms with Gasteiger partial charge in [0.25, 0.3) is 5.91 Å². The molecule has 0 bridgehead atoms. The van der Waals surface area contributed by atoms with Crippen molar-refractivity contribution in [2.75, 3.05) is 26.7 Å². The van der Waals surface area contributed by atoms with Crippen molar-refractivity contribution in [1.82, 2.24) is 15.2 Å². The van der Waals surface area contributed by atoms with Gasteiger partial charge in [0.1, 0.15) is 18.9 Å². The van der Waals surface area contributed by atoms with Gasteiger partial charge in [-0.25, -0.2) is 4.79 Å². The zero-order valence-electron chi connectivity index (χ0n) is 19.5. The Bertz CT molecular complexity index is 1230. The van der Waals surface area contributed by atoms with Gasteiger partial charge in [-0.15, -0.1) is 0 Å². The molecule has 1 unspecified atom stereocenters. The monoisotopic (exact) mass is 497 g/mol. The van der Waals surface area contributed by atoms with Crippen molar-refractivity contribution in [3.63, 3.8) is 0 Å². The molecule has 0 spiro atoms. The van der Waals surface area contributed by atoms with Gasteiger partial charge in [-0.2, -0.15) is 0 Å². The van der Waals surface area contributed by atoms with Crippen LogP contribution in [0.15, 0.2) is 59.4 Å². The summed E-state index contributed by atoms with van der Waals surface area (Å²) in [5.74, 6) is -1.05. The average molecular weight is 498 g/mol. The lowest BCUT2D eigenvalue weighted by atomic mass is 10.0. The summed E-state index contributed by atoms with van der Waals surface area (Å²) in [5.41, 5.74) is 1.31. The lowest BCUT2D eigenvalue weighted by Gasteiger charge is -2.20. The molecule has 2 N–H and O–H groups in total. The van der Waals surface area contributed by atoms with E-state index in [4.69, 9.17) is 16.3 Å². The number of benzene rings is 2. The molecule has 1 amide bonds. The van der Waals surface area contributed by atoms with E-state index < -0.39 is 17.9 Å². The van der Waals surface area contributed by atoms with Gasteiger partial charge in [0, 0.05) is 46.9 Å². The first kappa shape index (κ1) is 26.1. The zero-order valence-corrected chi connectivity index (χ0v) is 20.2. The van der Waals surface area contributed by atoms with E-state index in [-0.39, 0.29) is 18.6 Å². The van der Waals surface area contributed by atoms with Crippen LogP contribution in [-0.4, -0.2) is 60.8 Å². The van der Waals surface area contributed by atoms with Crippen LogP contribution in [0.2, 0.25) is 5.02 Å². The zero-order chi connectivity index (χ0) is 25.2. The lowest BCUT2D eigenvalue weighted by molar-refractivity contribution is -0.146. The van der Waals surface area contributed by atoms with Crippen molar-refractivity contribution in [3.8, 4) is 0 Å². The van der Waals surface area contributed by atoms with Crippen molar-refractivity contribution in [2.24, 2.45) is 0 Å². The minimum atomic E-state index is -1.01. The Kier molecular flexibility index (Phi) is 9.57. The van der Waals surface area contributed by atoms with Gasteiger partial charge >= 0.3 is 5.97 Å². The molecule has 3 aromatic rings. The second kappa shape index (κ2) is 12.8. The summed E-state index contributed by atoms with van der Waals surface area (Å²) >= 11 is 5.91. The number of fused-ring (bicyclic) bond motifs is 1. The Hall–Kier alpha value is -3.49. The van der Waals surface area contributed by atoms with Crippen molar-refractivity contribution in [2.45, 2.75) is 25.3 Å². The van der Waals surface area contributed by atoms with E-state index in [1.165, 1.54) is 6.07 Å². The number of carbonyl (C=O) groups excluding carboxylic acids is 3. The number of carbonyl (C=O) groups is 3. The molecule has 8 nitrogen and oxygen atoms in total. The number of nitrogens with zero attached hydrogens (tertiary/aromatic N) is 1. The van der Waals surface area contributed by atoms with Crippen molar-refractivity contribution in [1.29, 1.82) is 0 Å². The van der Waals surface area contributed by atoms with Crippen LogP contribution in [0.25, 0.3) is 10.9 Å². The summed E-state index contributed by atoms with van der Waals surface area (Å²) in [4.78, 5) is 53.3. The summed E-state index contributed by atoms with van der Waals surface area (Å²) in [6.45, 7) is 1.31.